The van der Waals surface area contributed by atoms with Crippen LogP contribution in [-0.4, -0.2) is 35.2 Å². The number of aromatic nitrogens is 2. The maximum atomic E-state index is 13.1. The average molecular weight is 317 g/mol. The molecule has 0 fully saturated rings. The predicted octanol–water partition coefficient (Wildman–Crippen LogP) is 2.71. The largest absolute Gasteiger partial charge is 0.388 e. The molecule has 1 aromatic heterocycles. The molecule has 0 aliphatic heterocycles. The van der Waals surface area contributed by atoms with E-state index in [9.17, 15) is 13.9 Å². The van der Waals surface area contributed by atoms with E-state index in [1.165, 1.54) is 29.2 Å². The van der Waals surface area contributed by atoms with Crippen LogP contribution in [0.4, 0.5) is 13.9 Å². The van der Waals surface area contributed by atoms with Crippen LogP contribution in [-0.2, 0) is 0 Å². The van der Waals surface area contributed by atoms with Crippen molar-refractivity contribution < 1.29 is 13.9 Å². The number of anilines is 1. The van der Waals surface area contributed by atoms with Gasteiger partial charge in [0.2, 0.25) is 5.13 Å². The lowest BCUT2D eigenvalue weighted by molar-refractivity contribution is 0.203. The fraction of sp³-hybridized carbons (Fsp3) is 0.333. The van der Waals surface area contributed by atoms with Crippen LogP contribution in [0.1, 0.15) is 11.7 Å². The average Bonchev–Trinajstić information content (AvgIpc) is 2.88. The van der Waals surface area contributed by atoms with Crippen molar-refractivity contribution in [3.63, 3.8) is 0 Å². The fourth-order valence-corrected chi connectivity index (χ4v) is 3.16. The van der Waals surface area contributed by atoms with Crippen molar-refractivity contribution in [3.05, 3.63) is 35.4 Å². The van der Waals surface area contributed by atoms with Crippen LogP contribution >= 0.6 is 23.1 Å². The highest BCUT2D eigenvalue weighted by atomic mass is 32.2. The molecule has 4 nitrogen and oxygen atoms in total. The molecule has 0 saturated carbocycles. The van der Waals surface area contributed by atoms with E-state index in [0.29, 0.717) is 11.3 Å². The molecule has 8 heteroatoms. The van der Waals surface area contributed by atoms with Crippen molar-refractivity contribution in [3.8, 4) is 0 Å². The van der Waals surface area contributed by atoms with Crippen molar-refractivity contribution in [2.45, 2.75) is 10.4 Å². The number of rotatable bonds is 5. The molecular weight excluding hydrogens is 304 g/mol. The van der Waals surface area contributed by atoms with Crippen LogP contribution in [0, 0.1) is 11.6 Å². The highest BCUT2D eigenvalue weighted by Crippen LogP contribution is 2.30. The Hall–Kier alpha value is -1.25. The van der Waals surface area contributed by atoms with E-state index < -0.39 is 17.7 Å². The van der Waals surface area contributed by atoms with Gasteiger partial charge in [-0.1, -0.05) is 29.2 Å². The zero-order valence-corrected chi connectivity index (χ0v) is 12.5. The van der Waals surface area contributed by atoms with Gasteiger partial charge in [-0.15, -0.1) is 10.2 Å². The monoisotopic (exact) mass is 317 g/mol. The van der Waals surface area contributed by atoms with Crippen LogP contribution < -0.4 is 4.90 Å². The molecule has 0 aliphatic carbocycles. The van der Waals surface area contributed by atoms with Crippen molar-refractivity contribution >= 4 is 28.2 Å². The first-order chi connectivity index (χ1) is 9.47. The standard InChI is InChI=1S/C12H13F2N3OS2/c1-17(2)11-15-16-12(20-11)19-6-10(18)7-3-4-8(13)9(14)5-7/h3-5,10,18H,6H2,1-2H3/t10-/m0/s1. The summed E-state index contributed by atoms with van der Waals surface area (Å²) in [6.07, 6.45) is -0.887. The van der Waals surface area contributed by atoms with Crippen molar-refractivity contribution in [1.29, 1.82) is 0 Å². The Bertz CT molecular complexity index is 592. The van der Waals surface area contributed by atoms with E-state index in [-0.39, 0.29) is 0 Å². The molecule has 0 radical (unpaired) electrons. The number of thioether (sulfide) groups is 1. The molecule has 0 aliphatic rings. The van der Waals surface area contributed by atoms with Crippen LogP contribution in [0.15, 0.2) is 22.5 Å². The molecule has 1 heterocycles. The smallest absolute Gasteiger partial charge is 0.208 e. The number of halogens is 2. The van der Waals surface area contributed by atoms with Crippen LogP contribution in [0.25, 0.3) is 0 Å². The maximum Gasteiger partial charge on any atom is 0.208 e. The lowest BCUT2D eigenvalue weighted by atomic mass is 10.1. The summed E-state index contributed by atoms with van der Waals surface area (Å²) in [6, 6.07) is 3.38. The number of hydrogen-bond donors (Lipinski definition) is 1. The molecular formula is C12H13F2N3OS2. The van der Waals surface area contributed by atoms with Gasteiger partial charge in [-0.3, -0.25) is 0 Å². The third-order valence-corrected chi connectivity index (χ3v) is 4.77. The van der Waals surface area contributed by atoms with E-state index in [2.05, 4.69) is 10.2 Å². The number of aliphatic hydroxyl groups is 1. The van der Waals surface area contributed by atoms with E-state index in [4.69, 9.17) is 0 Å². The SMILES string of the molecule is CN(C)c1nnc(SC[C@H](O)c2ccc(F)c(F)c2)s1. The van der Waals surface area contributed by atoms with Gasteiger partial charge >= 0.3 is 0 Å². The van der Waals surface area contributed by atoms with Gasteiger partial charge in [0.05, 0.1) is 6.10 Å². The number of hydrogen-bond acceptors (Lipinski definition) is 6. The zero-order valence-electron chi connectivity index (χ0n) is 10.9. The molecule has 0 unspecified atom stereocenters. The Morgan fingerprint density at radius 3 is 2.65 bits per heavy atom. The van der Waals surface area contributed by atoms with Gasteiger partial charge in [-0.2, -0.15) is 0 Å². The van der Waals surface area contributed by atoms with Crippen molar-refractivity contribution in [1.82, 2.24) is 10.2 Å². The molecule has 1 atom stereocenters. The first kappa shape index (κ1) is 15.1. The third-order valence-electron chi connectivity index (χ3n) is 2.47. The van der Waals surface area contributed by atoms with E-state index in [0.717, 1.165) is 21.6 Å². The lowest BCUT2D eigenvalue weighted by Crippen LogP contribution is -2.07. The second-order valence-corrected chi connectivity index (χ2v) is 6.47. The summed E-state index contributed by atoms with van der Waals surface area (Å²) < 4.78 is 26.6. The summed E-state index contributed by atoms with van der Waals surface area (Å²) in [5, 5.41) is 18.7. The summed E-state index contributed by atoms with van der Waals surface area (Å²) in [7, 11) is 3.73. The minimum absolute atomic E-state index is 0.299. The van der Waals surface area contributed by atoms with Gasteiger partial charge in [0.1, 0.15) is 0 Å². The van der Waals surface area contributed by atoms with Gasteiger partial charge in [0.25, 0.3) is 0 Å². The number of aliphatic hydroxyl groups excluding tert-OH is 1. The van der Waals surface area contributed by atoms with E-state index >= 15 is 0 Å². The summed E-state index contributed by atoms with van der Waals surface area (Å²) in [5.74, 6) is -1.58. The Morgan fingerprint density at radius 1 is 1.30 bits per heavy atom. The van der Waals surface area contributed by atoms with Crippen LogP contribution in [0.3, 0.4) is 0 Å². The molecule has 0 spiro atoms. The van der Waals surface area contributed by atoms with Gasteiger partial charge in [-0.25, -0.2) is 8.78 Å². The second kappa shape index (κ2) is 6.47. The molecule has 1 N–H and O–H groups in total. The molecule has 0 amide bonds. The fourth-order valence-electron chi connectivity index (χ4n) is 1.41. The predicted molar refractivity (Wildman–Crippen MR) is 76.3 cm³/mol. The first-order valence-electron chi connectivity index (χ1n) is 5.74. The Balaban J connectivity index is 1.97. The Kier molecular flexibility index (Phi) is 4.90. The minimum Gasteiger partial charge on any atom is -0.388 e. The summed E-state index contributed by atoms with van der Waals surface area (Å²) in [5.41, 5.74) is 0.341. The topological polar surface area (TPSA) is 49.2 Å². The summed E-state index contributed by atoms with van der Waals surface area (Å²) >= 11 is 2.73. The minimum atomic E-state index is -0.961. The zero-order chi connectivity index (χ0) is 14.7. The summed E-state index contributed by atoms with van der Waals surface area (Å²) in [6.45, 7) is 0. The molecule has 0 bridgehead atoms. The second-order valence-electron chi connectivity index (χ2n) is 4.25. The maximum absolute atomic E-state index is 13.1. The number of nitrogens with zero attached hydrogens (tertiary/aromatic N) is 3. The highest BCUT2D eigenvalue weighted by molar-refractivity contribution is 8.01. The van der Waals surface area contributed by atoms with E-state index in [1.54, 1.807) is 0 Å². The Labute approximate surface area is 123 Å². The quantitative estimate of drug-likeness (QED) is 0.859. The van der Waals surface area contributed by atoms with Gasteiger partial charge in [0.15, 0.2) is 16.0 Å². The molecule has 2 aromatic rings. The molecule has 108 valence electrons. The molecule has 20 heavy (non-hydrogen) atoms. The normalized spacial score (nSPS) is 12.4. The van der Waals surface area contributed by atoms with Gasteiger partial charge < -0.3 is 10.0 Å². The number of benzene rings is 1. The molecule has 1 aromatic carbocycles. The first-order valence-corrected chi connectivity index (χ1v) is 7.54. The van der Waals surface area contributed by atoms with Crippen molar-refractivity contribution in [2.24, 2.45) is 0 Å². The van der Waals surface area contributed by atoms with Crippen molar-refractivity contribution in [2.75, 3.05) is 24.7 Å². The molecule has 2 rings (SSSR count). The van der Waals surface area contributed by atoms with Crippen LogP contribution in [0.2, 0.25) is 0 Å². The summed E-state index contributed by atoms with van der Waals surface area (Å²) in [4.78, 5) is 1.84. The third kappa shape index (κ3) is 3.65. The van der Waals surface area contributed by atoms with Gasteiger partial charge in [-0.05, 0) is 17.7 Å². The van der Waals surface area contributed by atoms with Gasteiger partial charge in [0, 0.05) is 19.8 Å². The lowest BCUT2D eigenvalue weighted by Gasteiger charge is -2.09. The highest BCUT2D eigenvalue weighted by Gasteiger charge is 2.13. The van der Waals surface area contributed by atoms with Crippen LogP contribution in [0.5, 0.6) is 0 Å². The van der Waals surface area contributed by atoms with E-state index in [1.807, 2.05) is 19.0 Å². The Morgan fingerprint density at radius 2 is 2.05 bits per heavy atom. The molecule has 0 saturated heterocycles.